The summed E-state index contributed by atoms with van der Waals surface area (Å²) in [7, 11) is 0. The van der Waals surface area contributed by atoms with Crippen molar-refractivity contribution in [2.24, 2.45) is 22.7 Å². The van der Waals surface area contributed by atoms with Gasteiger partial charge >= 0.3 is 0 Å². The Labute approximate surface area is 111 Å². The molecule has 0 aromatic rings. The maximum atomic E-state index is 10.9. The molecule has 0 aromatic heterocycles. The molecule has 3 aliphatic carbocycles. The summed E-state index contributed by atoms with van der Waals surface area (Å²) in [6.07, 6.45) is 9.97. The van der Waals surface area contributed by atoms with Crippen molar-refractivity contribution < 1.29 is 10.2 Å². The molecule has 2 heteroatoms. The second-order valence-corrected chi connectivity index (χ2v) is 7.58. The molecule has 3 rings (SSSR count). The summed E-state index contributed by atoms with van der Waals surface area (Å²) < 4.78 is 0. The molecule has 2 nitrogen and oxygen atoms in total. The second-order valence-electron chi connectivity index (χ2n) is 7.58. The summed E-state index contributed by atoms with van der Waals surface area (Å²) in [4.78, 5) is 0. The lowest BCUT2D eigenvalue weighted by Crippen LogP contribution is -2.52. The minimum absolute atomic E-state index is 0.0533. The van der Waals surface area contributed by atoms with Crippen LogP contribution in [0.5, 0.6) is 0 Å². The third-order valence-electron chi connectivity index (χ3n) is 7.36. The summed E-state index contributed by atoms with van der Waals surface area (Å²) in [5.41, 5.74) is -0.631. The largest absolute Gasteiger partial charge is 0.393 e. The number of aliphatic hydroxyl groups is 2. The molecule has 0 spiro atoms. The fraction of sp³-hybridized carbons (Fsp3) is 1.00. The van der Waals surface area contributed by atoms with Gasteiger partial charge in [-0.15, -0.1) is 0 Å². The Morgan fingerprint density at radius 2 is 1.67 bits per heavy atom. The van der Waals surface area contributed by atoms with E-state index in [4.69, 9.17) is 0 Å². The van der Waals surface area contributed by atoms with E-state index in [1.165, 1.54) is 38.5 Å². The van der Waals surface area contributed by atoms with Crippen LogP contribution in [0.2, 0.25) is 0 Å². The van der Waals surface area contributed by atoms with Gasteiger partial charge in [0.05, 0.1) is 12.2 Å². The van der Waals surface area contributed by atoms with Crippen molar-refractivity contribution >= 4 is 0 Å². The van der Waals surface area contributed by atoms with Crippen molar-refractivity contribution in [1.29, 1.82) is 0 Å². The van der Waals surface area contributed by atoms with Gasteiger partial charge in [0, 0.05) is 5.41 Å². The molecule has 3 saturated carbocycles. The number of fused-ring (bicyclic) bond motifs is 2. The molecule has 0 aromatic carbocycles. The normalized spacial score (nSPS) is 53.0. The van der Waals surface area contributed by atoms with E-state index in [2.05, 4.69) is 13.8 Å². The molecule has 4 atom stereocenters. The zero-order valence-corrected chi connectivity index (χ0v) is 11.9. The summed E-state index contributed by atoms with van der Waals surface area (Å²) in [5, 5.41) is 20.6. The predicted octanol–water partition coefficient (Wildman–Crippen LogP) is 3.12. The SMILES string of the molecule is CC1(C2CCCCC2)C2CCC1(C)C(O)(CO)C2. The monoisotopic (exact) mass is 252 g/mol. The van der Waals surface area contributed by atoms with Crippen molar-refractivity contribution in [2.45, 2.75) is 70.8 Å². The van der Waals surface area contributed by atoms with Crippen LogP contribution in [0.1, 0.15) is 65.2 Å². The smallest absolute Gasteiger partial charge is 0.0938 e. The van der Waals surface area contributed by atoms with Crippen LogP contribution >= 0.6 is 0 Å². The Morgan fingerprint density at radius 3 is 2.22 bits per heavy atom. The zero-order chi connectivity index (χ0) is 13.0. The molecule has 18 heavy (non-hydrogen) atoms. The molecule has 2 bridgehead atoms. The van der Waals surface area contributed by atoms with Gasteiger partial charge in [0.25, 0.3) is 0 Å². The van der Waals surface area contributed by atoms with E-state index in [1.54, 1.807) is 0 Å². The number of hydrogen-bond donors (Lipinski definition) is 2. The average molecular weight is 252 g/mol. The maximum absolute atomic E-state index is 10.9. The van der Waals surface area contributed by atoms with Gasteiger partial charge < -0.3 is 10.2 Å². The Kier molecular flexibility index (Phi) is 2.84. The second kappa shape index (κ2) is 3.96. The molecule has 0 amide bonds. The van der Waals surface area contributed by atoms with Crippen molar-refractivity contribution in [2.75, 3.05) is 6.61 Å². The van der Waals surface area contributed by atoms with Crippen molar-refractivity contribution in [3.8, 4) is 0 Å². The molecule has 0 aliphatic heterocycles. The van der Waals surface area contributed by atoms with Gasteiger partial charge in [-0.25, -0.2) is 0 Å². The van der Waals surface area contributed by atoms with E-state index >= 15 is 0 Å². The average Bonchev–Trinajstić information content (AvgIpc) is 2.75. The third kappa shape index (κ3) is 1.31. The number of rotatable bonds is 2. The Bertz CT molecular complexity index is 336. The lowest BCUT2D eigenvalue weighted by molar-refractivity contribution is -0.134. The van der Waals surface area contributed by atoms with Crippen molar-refractivity contribution in [3.63, 3.8) is 0 Å². The molecule has 4 unspecified atom stereocenters. The predicted molar refractivity (Wildman–Crippen MR) is 72.2 cm³/mol. The highest BCUT2D eigenvalue weighted by Crippen LogP contribution is 2.73. The lowest BCUT2D eigenvalue weighted by atomic mass is 9.56. The zero-order valence-electron chi connectivity index (χ0n) is 11.9. The standard InChI is InChI=1S/C16H28O2/c1-14-9-8-13(10-16(14,18)11-17)15(14,2)12-6-4-3-5-7-12/h12-13,17-18H,3-11H2,1-2H3. The van der Waals surface area contributed by atoms with Gasteiger partial charge in [-0.3, -0.25) is 0 Å². The van der Waals surface area contributed by atoms with Gasteiger partial charge in [-0.2, -0.15) is 0 Å². The van der Waals surface area contributed by atoms with Crippen LogP contribution in [0.4, 0.5) is 0 Å². The summed E-state index contributed by atoms with van der Waals surface area (Å²) in [5.74, 6) is 1.40. The van der Waals surface area contributed by atoms with E-state index in [0.29, 0.717) is 5.92 Å². The number of hydrogen-bond acceptors (Lipinski definition) is 2. The van der Waals surface area contributed by atoms with E-state index < -0.39 is 5.60 Å². The molecule has 0 radical (unpaired) electrons. The van der Waals surface area contributed by atoms with Crippen LogP contribution in [-0.2, 0) is 0 Å². The molecule has 0 heterocycles. The summed E-state index contributed by atoms with van der Waals surface area (Å²) in [6, 6.07) is 0. The molecule has 2 N–H and O–H groups in total. The maximum Gasteiger partial charge on any atom is 0.0938 e. The third-order valence-corrected chi connectivity index (χ3v) is 7.36. The van der Waals surface area contributed by atoms with Crippen LogP contribution in [0.3, 0.4) is 0 Å². The first kappa shape index (κ1) is 12.9. The number of aliphatic hydroxyl groups excluding tert-OH is 1. The highest BCUT2D eigenvalue weighted by Gasteiger charge is 2.71. The highest BCUT2D eigenvalue weighted by atomic mass is 16.3. The van der Waals surface area contributed by atoms with Gasteiger partial charge in [0.1, 0.15) is 0 Å². The Morgan fingerprint density at radius 1 is 1.00 bits per heavy atom. The van der Waals surface area contributed by atoms with Crippen LogP contribution in [-0.4, -0.2) is 22.4 Å². The topological polar surface area (TPSA) is 40.5 Å². The summed E-state index contributed by atoms with van der Waals surface area (Å²) in [6.45, 7) is 4.63. The first-order valence-corrected chi connectivity index (χ1v) is 7.81. The fourth-order valence-electron chi connectivity index (χ4n) is 5.89. The molecule has 3 fully saturated rings. The van der Waals surface area contributed by atoms with Crippen molar-refractivity contribution in [1.82, 2.24) is 0 Å². The van der Waals surface area contributed by atoms with E-state index in [-0.39, 0.29) is 17.4 Å². The van der Waals surface area contributed by atoms with Gasteiger partial charge in [-0.1, -0.05) is 33.1 Å². The van der Waals surface area contributed by atoms with Gasteiger partial charge in [-0.05, 0) is 49.4 Å². The fourth-order valence-corrected chi connectivity index (χ4v) is 5.89. The Hall–Kier alpha value is -0.0800. The molecular weight excluding hydrogens is 224 g/mol. The molecule has 0 saturated heterocycles. The summed E-state index contributed by atoms with van der Waals surface area (Å²) >= 11 is 0. The van der Waals surface area contributed by atoms with E-state index in [9.17, 15) is 10.2 Å². The Balaban J connectivity index is 1.96. The van der Waals surface area contributed by atoms with Crippen LogP contribution in [0.15, 0.2) is 0 Å². The first-order chi connectivity index (χ1) is 8.48. The minimum Gasteiger partial charge on any atom is -0.393 e. The first-order valence-electron chi connectivity index (χ1n) is 7.81. The lowest BCUT2D eigenvalue weighted by Gasteiger charge is -2.50. The van der Waals surface area contributed by atoms with Gasteiger partial charge in [0.2, 0.25) is 0 Å². The minimum atomic E-state index is -0.817. The molecule has 104 valence electrons. The van der Waals surface area contributed by atoms with Crippen LogP contribution in [0.25, 0.3) is 0 Å². The molecular formula is C16H28O2. The van der Waals surface area contributed by atoms with Crippen molar-refractivity contribution in [3.05, 3.63) is 0 Å². The van der Waals surface area contributed by atoms with E-state index in [0.717, 1.165) is 18.8 Å². The van der Waals surface area contributed by atoms with E-state index in [1.807, 2.05) is 0 Å². The molecule has 3 aliphatic rings. The van der Waals surface area contributed by atoms with Crippen LogP contribution in [0, 0.1) is 22.7 Å². The quantitative estimate of drug-likeness (QED) is 0.792. The van der Waals surface area contributed by atoms with Crippen LogP contribution < -0.4 is 0 Å². The van der Waals surface area contributed by atoms with Gasteiger partial charge in [0.15, 0.2) is 0 Å². The highest BCUT2D eigenvalue weighted by molar-refractivity contribution is 5.20.